The molecule has 0 aliphatic heterocycles. The number of halogens is 3. The average molecular weight is 468 g/mol. The smallest absolute Gasteiger partial charge is 0.180 e. The van der Waals surface area contributed by atoms with Crippen molar-refractivity contribution in [1.82, 2.24) is 9.97 Å². The first kappa shape index (κ1) is 21.7. The predicted molar refractivity (Wildman–Crippen MR) is 123 cm³/mol. The summed E-state index contributed by atoms with van der Waals surface area (Å²) in [6, 6.07) is 17.0. The van der Waals surface area contributed by atoms with Crippen molar-refractivity contribution in [2.24, 2.45) is 0 Å². The van der Waals surface area contributed by atoms with Gasteiger partial charge in [-0.05, 0) is 59.7 Å². The van der Waals surface area contributed by atoms with Gasteiger partial charge < -0.3 is 14.5 Å². The van der Waals surface area contributed by atoms with E-state index in [1.54, 1.807) is 36.4 Å². The van der Waals surface area contributed by atoms with Gasteiger partial charge in [-0.3, -0.25) is 0 Å². The van der Waals surface area contributed by atoms with Crippen LogP contribution in [0.15, 0.2) is 54.6 Å². The van der Waals surface area contributed by atoms with Crippen LogP contribution in [0.2, 0.25) is 10.0 Å². The van der Waals surface area contributed by atoms with Crippen LogP contribution < -0.4 is 9.47 Å². The van der Waals surface area contributed by atoms with E-state index in [1.165, 1.54) is 19.2 Å². The van der Waals surface area contributed by atoms with Gasteiger partial charge in [0.15, 0.2) is 11.5 Å². The van der Waals surface area contributed by atoms with Crippen LogP contribution in [0.1, 0.15) is 17.0 Å². The quantitative estimate of drug-likeness (QED) is 0.321. The Morgan fingerprint density at radius 2 is 1.94 bits per heavy atom. The Morgan fingerprint density at radius 1 is 1.16 bits per heavy atom. The normalized spacial score (nSPS) is 11.4. The summed E-state index contributed by atoms with van der Waals surface area (Å²) in [4.78, 5) is 7.33. The van der Waals surface area contributed by atoms with E-state index in [-0.39, 0.29) is 18.0 Å². The predicted octanol–water partition coefficient (Wildman–Crippen LogP) is 6.66. The SMILES string of the molecule is COc1cc(/C=C(/C#N)c2nc3ccc(F)cc3[nH]2)cc(Cl)c1OCc1ccc(Cl)cc1. The lowest BCUT2D eigenvalue weighted by Crippen LogP contribution is -1.99. The van der Waals surface area contributed by atoms with E-state index in [0.29, 0.717) is 44.0 Å². The van der Waals surface area contributed by atoms with Gasteiger partial charge in [-0.15, -0.1) is 0 Å². The number of aromatic nitrogens is 2. The summed E-state index contributed by atoms with van der Waals surface area (Å²) in [5.41, 5.74) is 2.86. The van der Waals surface area contributed by atoms with Gasteiger partial charge in [-0.25, -0.2) is 9.37 Å². The maximum Gasteiger partial charge on any atom is 0.180 e. The highest BCUT2D eigenvalue weighted by atomic mass is 35.5. The molecule has 32 heavy (non-hydrogen) atoms. The second-order valence-electron chi connectivity index (χ2n) is 6.87. The summed E-state index contributed by atoms with van der Waals surface area (Å²) < 4.78 is 24.8. The molecule has 0 aliphatic rings. The molecular weight excluding hydrogens is 452 g/mol. The summed E-state index contributed by atoms with van der Waals surface area (Å²) in [5, 5.41) is 10.6. The molecule has 4 rings (SSSR count). The highest BCUT2D eigenvalue weighted by Gasteiger charge is 2.14. The minimum atomic E-state index is -0.388. The van der Waals surface area contributed by atoms with Crippen LogP contribution >= 0.6 is 23.2 Å². The number of nitriles is 1. The van der Waals surface area contributed by atoms with E-state index < -0.39 is 0 Å². The maximum atomic E-state index is 13.5. The molecule has 0 amide bonds. The lowest BCUT2D eigenvalue weighted by atomic mass is 10.1. The number of aromatic amines is 1. The summed E-state index contributed by atoms with van der Waals surface area (Å²) in [5.74, 6) is 0.743. The van der Waals surface area contributed by atoms with Crippen molar-refractivity contribution >= 4 is 45.9 Å². The van der Waals surface area contributed by atoms with Gasteiger partial charge in [0.05, 0.1) is 28.7 Å². The number of hydrogen-bond donors (Lipinski definition) is 1. The molecule has 3 aromatic carbocycles. The molecule has 4 aromatic rings. The number of H-pyrrole nitrogens is 1. The van der Waals surface area contributed by atoms with Crippen LogP contribution in [0.5, 0.6) is 11.5 Å². The van der Waals surface area contributed by atoms with Crippen molar-refractivity contribution in [2.45, 2.75) is 6.61 Å². The first-order valence-corrected chi connectivity index (χ1v) is 10.2. The third-order valence-electron chi connectivity index (χ3n) is 4.68. The summed E-state index contributed by atoms with van der Waals surface area (Å²) in [6.07, 6.45) is 1.62. The van der Waals surface area contributed by atoms with Crippen molar-refractivity contribution in [3.63, 3.8) is 0 Å². The van der Waals surface area contributed by atoms with Crippen LogP contribution in [-0.2, 0) is 6.61 Å². The minimum absolute atomic E-state index is 0.259. The monoisotopic (exact) mass is 467 g/mol. The number of fused-ring (bicyclic) bond motifs is 1. The molecule has 1 aromatic heterocycles. The van der Waals surface area contributed by atoms with Crippen molar-refractivity contribution < 1.29 is 13.9 Å². The van der Waals surface area contributed by atoms with Crippen LogP contribution in [0, 0.1) is 17.1 Å². The van der Waals surface area contributed by atoms with Crippen LogP contribution in [0.25, 0.3) is 22.7 Å². The number of hydrogen-bond acceptors (Lipinski definition) is 4. The van der Waals surface area contributed by atoms with Crippen molar-refractivity contribution in [2.75, 3.05) is 7.11 Å². The number of allylic oxidation sites excluding steroid dienone is 1. The Bertz CT molecular complexity index is 1360. The van der Waals surface area contributed by atoms with E-state index in [4.69, 9.17) is 32.7 Å². The number of imidazole rings is 1. The zero-order chi connectivity index (χ0) is 22.7. The number of nitrogens with zero attached hydrogens (tertiary/aromatic N) is 2. The van der Waals surface area contributed by atoms with Crippen molar-refractivity contribution in [3.8, 4) is 17.6 Å². The molecule has 1 N–H and O–H groups in total. The number of rotatable bonds is 6. The highest BCUT2D eigenvalue weighted by Crippen LogP contribution is 2.38. The molecule has 160 valence electrons. The van der Waals surface area contributed by atoms with E-state index in [1.807, 2.05) is 12.1 Å². The number of nitrogens with one attached hydrogen (secondary N) is 1. The third-order valence-corrected chi connectivity index (χ3v) is 5.21. The Kier molecular flexibility index (Phi) is 6.31. The lowest BCUT2D eigenvalue weighted by Gasteiger charge is -2.13. The minimum Gasteiger partial charge on any atom is -0.493 e. The fourth-order valence-corrected chi connectivity index (χ4v) is 3.53. The molecule has 0 saturated heterocycles. The van der Waals surface area contributed by atoms with E-state index in [9.17, 15) is 9.65 Å². The Labute approximate surface area is 193 Å². The second kappa shape index (κ2) is 9.31. The fraction of sp³-hybridized carbons (Fsp3) is 0.0833. The zero-order valence-corrected chi connectivity index (χ0v) is 18.3. The van der Waals surface area contributed by atoms with Crippen molar-refractivity contribution in [1.29, 1.82) is 5.26 Å². The molecule has 0 aliphatic carbocycles. The van der Waals surface area contributed by atoms with E-state index >= 15 is 0 Å². The van der Waals surface area contributed by atoms with Crippen LogP contribution in [-0.4, -0.2) is 17.1 Å². The van der Waals surface area contributed by atoms with Gasteiger partial charge in [0.25, 0.3) is 0 Å². The standard InChI is InChI=1S/C24H16Cl2FN3O2/c1-31-22-10-15(9-19(26)23(22)32-13-14-2-4-17(25)5-3-14)8-16(12-28)24-29-20-7-6-18(27)11-21(20)30-24/h2-11H,13H2,1H3,(H,29,30)/b16-8-. The van der Waals surface area contributed by atoms with E-state index in [0.717, 1.165) is 5.56 Å². The summed E-state index contributed by atoms with van der Waals surface area (Å²) >= 11 is 12.4. The van der Waals surface area contributed by atoms with Gasteiger partial charge >= 0.3 is 0 Å². The molecule has 0 radical (unpaired) electrons. The highest BCUT2D eigenvalue weighted by molar-refractivity contribution is 6.32. The molecule has 0 atom stereocenters. The average Bonchev–Trinajstić information content (AvgIpc) is 3.20. The molecule has 0 bridgehead atoms. The molecule has 5 nitrogen and oxygen atoms in total. The van der Waals surface area contributed by atoms with Gasteiger partial charge in [0, 0.05) is 5.02 Å². The molecule has 0 unspecified atom stereocenters. The topological polar surface area (TPSA) is 70.9 Å². The Hall–Kier alpha value is -3.53. The Morgan fingerprint density at radius 3 is 2.66 bits per heavy atom. The van der Waals surface area contributed by atoms with Gasteiger partial charge in [-0.1, -0.05) is 35.3 Å². The molecular formula is C24H16Cl2FN3O2. The summed E-state index contributed by atoms with van der Waals surface area (Å²) in [6.45, 7) is 0.279. The number of ether oxygens (including phenoxy) is 2. The van der Waals surface area contributed by atoms with Gasteiger partial charge in [-0.2, -0.15) is 5.26 Å². The number of methoxy groups -OCH3 is 1. The first-order valence-electron chi connectivity index (χ1n) is 9.49. The molecule has 0 fully saturated rings. The Balaban J connectivity index is 1.63. The van der Waals surface area contributed by atoms with Crippen LogP contribution in [0.4, 0.5) is 4.39 Å². The second-order valence-corrected chi connectivity index (χ2v) is 7.71. The third kappa shape index (κ3) is 4.70. The largest absolute Gasteiger partial charge is 0.493 e. The van der Waals surface area contributed by atoms with Gasteiger partial charge in [0.1, 0.15) is 24.3 Å². The zero-order valence-electron chi connectivity index (χ0n) is 16.8. The summed E-state index contributed by atoms with van der Waals surface area (Å²) in [7, 11) is 1.51. The molecule has 1 heterocycles. The molecule has 0 saturated carbocycles. The van der Waals surface area contributed by atoms with Crippen molar-refractivity contribution in [3.05, 3.63) is 87.4 Å². The number of benzene rings is 3. The molecule has 0 spiro atoms. The molecule has 8 heteroatoms. The maximum absolute atomic E-state index is 13.5. The lowest BCUT2D eigenvalue weighted by molar-refractivity contribution is 0.284. The van der Waals surface area contributed by atoms with E-state index in [2.05, 4.69) is 16.0 Å². The first-order chi connectivity index (χ1) is 15.5. The van der Waals surface area contributed by atoms with Gasteiger partial charge in [0.2, 0.25) is 0 Å². The van der Waals surface area contributed by atoms with Crippen LogP contribution in [0.3, 0.4) is 0 Å². The fourth-order valence-electron chi connectivity index (χ4n) is 3.13.